The molecule has 0 aliphatic carbocycles. The number of benzene rings is 2. The van der Waals surface area contributed by atoms with E-state index in [1.54, 1.807) is 12.1 Å². The smallest absolute Gasteiger partial charge is 0.269 e. The van der Waals surface area contributed by atoms with Gasteiger partial charge in [-0.15, -0.1) is 0 Å². The van der Waals surface area contributed by atoms with Crippen LogP contribution < -0.4 is 21.1 Å². The third-order valence-corrected chi connectivity index (χ3v) is 4.44. The van der Waals surface area contributed by atoms with Gasteiger partial charge in [0.1, 0.15) is 0 Å². The van der Waals surface area contributed by atoms with Gasteiger partial charge in [0, 0.05) is 30.4 Å². The molecule has 0 unspecified atom stereocenters. The summed E-state index contributed by atoms with van der Waals surface area (Å²) in [6, 6.07) is 17.2. The lowest BCUT2D eigenvalue weighted by molar-refractivity contribution is -0.121. The van der Waals surface area contributed by atoms with E-state index < -0.39 is 0 Å². The van der Waals surface area contributed by atoms with E-state index >= 15 is 0 Å². The predicted molar refractivity (Wildman–Crippen MR) is 108 cm³/mol. The van der Waals surface area contributed by atoms with Gasteiger partial charge in [-0.25, -0.2) is 0 Å². The molecule has 0 aromatic heterocycles. The fourth-order valence-corrected chi connectivity index (χ4v) is 2.76. The molecule has 27 heavy (non-hydrogen) atoms. The highest BCUT2D eigenvalue weighted by Crippen LogP contribution is 2.14. The minimum Gasteiger partial charge on any atom is -0.372 e. The highest BCUT2D eigenvalue weighted by atomic mass is 16.2. The molecule has 144 valence electrons. The SMILES string of the molecule is CCN(CC)c1ccc(C(=O)NNC(=O)CN[C@H](C)c2ccccc2)cc1. The Morgan fingerprint density at radius 1 is 0.926 bits per heavy atom. The molecule has 2 rings (SSSR count). The van der Waals surface area contributed by atoms with Crippen molar-refractivity contribution in [2.75, 3.05) is 24.5 Å². The van der Waals surface area contributed by atoms with Gasteiger partial charge in [-0.3, -0.25) is 20.4 Å². The van der Waals surface area contributed by atoms with Crippen LogP contribution in [0.5, 0.6) is 0 Å². The summed E-state index contributed by atoms with van der Waals surface area (Å²) >= 11 is 0. The van der Waals surface area contributed by atoms with Gasteiger partial charge in [0.2, 0.25) is 0 Å². The second-order valence-corrected chi connectivity index (χ2v) is 6.23. The van der Waals surface area contributed by atoms with Gasteiger partial charge in [0.15, 0.2) is 0 Å². The van der Waals surface area contributed by atoms with Crippen molar-refractivity contribution in [3.05, 3.63) is 65.7 Å². The number of rotatable bonds is 8. The van der Waals surface area contributed by atoms with Crippen LogP contribution in [0.15, 0.2) is 54.6 Å². The van der Waals surface area contributed by atoms with E-state index in [0.717, 1.165) is 24.3 Å². The highest BCUT2D eigenvalue weighted by Gasteiger charge is 2.10. The second-order valence-electron chi connectivity index (χ2n) is 6.23. The summed E-state index contributed by atoms with van der Waals surface area (Å²) in [5, 5.41) is 3.13. The maximum atomic E-state index is 12.2. The Balaban J connectivity index is 1.78. The largest absolute Gasteiger partial charge is 0.372 e. The molecule has 0 saturated carbocycles. The molecule has 2 aromatic rings. The molecule has 2 aromatic carbocycles. The molecule has 2 amide bonds. The van der Waals surface area contributed by atoms with Crippen molar-refractivity contribution in [2.45, 2.75) is 26.8 Å². The summed E-state index contributed by atoms with van der Waals surface area (Å²) in [7, 11) is 0. The van der Waals surface area contributed by atoms with E-state index in [0.29, 0.717) is 5.56 Å². The fourth-order valence-electron chi connectivity index (χ4n) is 2.76. The Morgan fingerprint density at radius 3 is 2.15 bits per heavy atom. The molecule has 6 nitrogen and oxygen atoms in total. The molecule has 0 aliphatic rings. The Hall–Kier alpha value is -2.86. The van der Waals surface area contributed by atoms with Crippen LogP contribution in [0, 0.1) is 0 Å². The number of nitrogens with zero attached hydrogens (tertiary/aromatic N) is 1. The Labute approximate surface area is 160 Å². The average molecular weight is 368 g/mol. The topological polar surface area (TPSA) is 73.5 Å². The van der Waals surface area contributed by atoms with Crippen LogP contribution in [-0.2, 0) is 4.79 Å². The maximum Gasteiger partial charge on any atom is 0.269 e. The van der Waals surface area contributed by atoms with E-state index in [9.17, 15) is 9.59 Å². The average Bonchev–Trinajstić information content (AvgIpc) is 2.72. The number of hydrazine groups is 1. The molecule has 6 heteroatoms. The lowest BCUT2D eigenvalue weighted by atomic mass is 10.1. The summed E-state index contributed by atoms with van der Waals surface area (Å²) in [6.07, 6.45) is 0. The van der Waals surface area contributed by atoms with Gasteiger partial charge < -0.3 is 10.2 Å². The van der Waals surface area contributed by atoms with E-state index in [1.807, 2.05) is 49.4 Å². The van der Waals surface area contributed by atoms with Crippen LogP contribution in [0.2, 0.25) is 0 Å². The van der Waals surface area contributed by atoms with Gasteiger partial charge >= 0.3 is 0 Å². The van der Waals surface area contributed by atoms with Crippen molar-refractivity contribution in [2.24, 2.45) is 0 Å². The first-order valence-corrected chi connectivity index (χ1v) is 9.27. The number of hydrogen-bond donors (Lipinski definition) is 3. The van der Waals surface area contributed by atoms with Gasteiger partial charge in [-0.2, -0.15) is 0 Å². The Morgan fingerprint density at radius 2 is 1.56 bits per heavy atom. The molecular weight excluding hydrogens is 340 g/mol. The van der Waals surface area contributed by atoms with Crippen molar-refractivity contribution in [3.63, 3.8) is 0 Å². The van der Waals surface area contributed by atoms with Crippen molar-refractivity contribution < 1.29 is 9.59 Å². The van der Waals surface area contributed by atoms with Gasteiger partial charge in [0.05, 0.1) is 6.54 Å². The summed E-state index contributed by atoms with van der Waals surface area (Å²) in [5.74, 6) is -0.642. The number of carbonyl (C=O) groups excluding carboxylic acids is 2. The Bertz CT molecular complexity index is 728. The van der Waals surface area contributed by atoms with Crippen molar-refractivity contribution in [1.29, 1.82) is 0 Å². The van der Waals surface area contributed by atoms with Gasteiger partial charge in [-0.1, -0.05) is 30.3 Å². The van der Waals surface area contributed by atoms with Crippen LogP contribution >= 0.6 is 0 Å². The monoisotopic (exact) mass is 368 g/mol. The summed E-state index contributed by atoms with van der Waals surface area (Å²) in [4.78, 5) is 26.3. The summed E-state index contributed by atoms with van der Waals surface area (Å²) in [6.45, 7) is 8.09. The molecule has 1 atom stereocenters. The minimum absolute atomic E-state index is 0.0419. The van der Waals surface area contributed by atoms with E-state index in [-0.39, 0.29) is 24.4 Å². The molecule has 0 spiro atoms. The van der Waals surface area contributed by atoms with Gasteiger partial charge in [0.25, 0.3) is 11.8 Å². The zero-order chi connectivity index (χ0) is 19.6. The number of amides is 2. The molecular formula is C21H28N4O2. The van der Waals surface area contributed by atoms with Crippen LogP contribution in [0.1, 0.15) is 42.7 Å². The summed E-state index contributed by atoms with van der Waals surface area (Å²) < 4.78 is 0. The predicted octanol–water partition coefficient (Wildman–Crippen LogP) is 2.64. The zero-order valence-corrected chi connectivity index (χ0v) is 16.2. The fraction of sp³-hybridized carbons (Fsp3) is 0.333. The Kier molecular flexibility index (Phi) is 7.82. The highest BCUT2D eigenvalue weighted by molar-refractivity contribution is 5.95. The molecule has 0 aliphatic heterocycles. The zero-order valence-electron chi connectivity index (χ0n) is 16.2. The molecule has 0 heterocycles. The van der Waals surface area contributed by atoms with Crippen molar-refractivity contribution in [1.82, 2.24) is 16.2 Å². The lowest BCUT2D eigenvalue weighted by Gasteiger charge is -2.21. The number of hydrogen-bond acceptors (Lipinski definition) is 4. The quantitative estimate of drug-likeness (QED) is 0.627. The lowest BCUT2D eigenvalue weighted by Crippen LogP contribution is -2.45. The number of anilines is 1. The van der Waals surface area contributed by atoms with E-state index in [4.69, 9.17) is 0 Å². The first kappa shape index (κ1) is 20.5. The molecule has 3 N–H and O–H groups in total. The van der Waals surface area contributed by atoms with E-state index in [1.165, 1.54) is 0 Å². The summed E-state index contributed by atoms with van der Waals surface area (Å²) in [5.41, 5.74) is 7.55. The maximum absolute atomic E-state index is 12.2. The molecule has 0 saturated heterocycles. The minimum atomic E-state index is -0.342. The van der Waals surface area contributed by atoms with Crippen LogP contribution in [0.3, 0.4) is 0 Å². The molecule has 0 fully saturated rings. The van der Waals surface area contributed by atoms with Crippen LogP contribution in [0.25, 0.3) is 0 Å². The number of nitrogens with one attached hydrogen (secondary N) is 3. The molecule has 0 bridgehead atoms. The van der Waals surface area contributed by atoms with Crippen LogP contribution in [0.4, 0.5) is 5.69 Å². The van der Waals surface area contributed by atoms with Gasteiger partial charge in [-0.05, 0) is 50.6 Å². The molecule has 0 radical (unpaired) electrons. The second kappa shape index (κ2) is 10.3. The number of carbonyl (C=O) groups is 2. The first-order chi connectivity index (χ1) is 13.0. The van der Waals surface area contributed by atoms with Crippen molar-refractivity contribution in [3.8, 4) is 0 Å². The van der Waals surface area contributed by atoms with Crippen molar-refractivity contribution >= 4 is 17.5 Å². The normalized spacial score (nSPS) is 11.5. The third kappa shape index (κ3) is 6.11. The van der Waals surface area contributed by atoms with E-state index in [2.05, 4.69) is 34.9 Å². The standard InChI is InChI=1S/C21H28N4O2/c1-4-25(5-2)19-13-11-18(12-14-19)21(27)24-23-20(26)15-22-16(3)17-9-7-6-8-10-17/h6-14,16,22H,4-5,15H2,1-3H3,(H,23,26)(H,24,27)/t16-/m1/s1. The first-order valence-electron chi connectivity index (χ1n) is 9.27. The van der Waals surface area contributed by atoms with Crippen LogP contribution in [-0.4, -0.2) is 31.4 Å². The third-order valence-electron chi connectivity index (χ3n) is 4.44.